The predicted octanol–water partition coefficient (Wildman–Crippen LogP) is 4.70. The number of benzene rings is 3. The highest BCUT2D eigenvalue weighted by Gasteiger charge is 2.12. The van der Waals surface area contributed by atoms with E-state index < -0.39 is 6.09 Å². The summed E-state index contributed by atoms with van der Waals surface area (Å²) in [5, 5.41) is 5.45. The van der Waals surface area contributed by atoms with Crippen LogP contribution in [-0.4, -0.2) is 19.1 Å². The van der Waals surface area contributed by atoms with Crippen LogP contribution in [0.15, 0.2) is 78.9 Å². The summed E-state index contributed by atoms with van der Waals surface area (Å²) < 4.78 is 10.3. The maximum atomic E-state index is 12.5. The highest BCUT2D eigenvalue weighted by atomic mass is 16.5. The highest BCUT2D eigenvalue weighted by Crippen LogP contribution is 2.22. The molecule has 0 saturated carbocycles. The van der Waals surface area contributed by atoms with Crippen molar-refractivity contribution in [2.24, 2.45) is 0 Å². The van der Waals surface area contributed by atoms with Gasteiger partial charge in [0.1, 0.15) is 12.4 Å². The van der Waals surface area contributed by atoms with Crippen molar-refractivity contribution in [2.45, 2.75) is 6.61 Å². The summed E-state index contributed by atoms with van der Waals surface area (Å²) in [6.07, 6.45) is -0.602. The average molecular weight is 376 g/mol. The van der Waals surface area contributed by atoms with E-state index in [0.717, 1.165) is 5.56 Å². The van der Waals surface area contributed by atoms with Crippen LogP contribution >= 0.6 is 0 Å². The molecule has 0 radical (unpaired) electrons. The van der Waals surface area contributed by atoms with Gasteiger partial charge in [0.2, 0.25) is 0 Å². The summed E-state index contributed by atoms with van der Waals surface area (Å²) in [7, 11) is 1.56. The Bertz CT molecular complexity index is 940. The van der Waals surface area contributed by atoms with Crippen LogP contribution in [-0.2, 0) is 11.3 Å². The molecular formula is C22H20N2O4. The highest BCUT2D eigenvalue weighted by molar-refractivity contribution is 6.06. The summed E-state index contributed by atoms with van der Waals surface area (Å²) in [5.41, 5.74) is 2.28. The monoisotopic (exact) mass is 376 g/mol. The molecule has 2 N–H and O–H groups in total. The molecule has 2 amide bonds. The fourth-order valence-corrected chi connectivity index (χ4v) is 2.51. The Hall–Kier alpha value is -3.80. The number of nitrogens with one attached hydrogen (secondary N) is 2. The number of ether oxygens (including phenoxy) is 2. The number of hydrogen-bond donors (Lipinski definition) is 2. The molecule has 0 aliphatic heterocycles. The van der Waals surface area contributed by atoms with Gasteiger partial charge in [-0.2, -0.15) is 0 Å². The van der Waals surface area contributed by atoms with E-state index in [1.54, 1.807) is 55.6 Å². The fraction of sp³-hybridized carbons (Fsp3) is 0.0909. The van der Waals surface area contributed by atoms with Gasteiger partial charge in [-0.3, -0.25) is 10.1 Å². The molecule has 0 spiro atoms. The topological polar surface area (TPSA) is 76.7 Å². The minimum Gasteiger partial charge on any atom is -0.497 e. The van der Waals surface area contributed by atoms with Crippen LogP contribution in [0.4, 0.5) is 16.2 Å². The van der Waals surface area contributed by atoms with Crippen LogP contribution in [0.1, 0.15) is 15.9 Å². The van der Waals surface area contributed by atoms with Gasteiger partial charge < -0.3 is 14.8 Å². The number of hydrogen-bond acceptors (Lipinski definition) is 4. The van der Waals surface area contributed by atoms with Crippen molar-refractivity contribution in [1.29, 1.82) is 0 Å². The number of rotatable bonds is 6. The Morgan fingerprint density at radius 2 is 1.39 bits per heavy atom. The second-order valence-electron chi connectivity index (χ2n) is 5.91. The number of carbonyl (C=O) groups is 2. The Morgan fingerprint density at radius 3 is 2.04 bits per heavy atom. The van der Waals surface area contributed by atoms with E-state index in [0.29, 0.717) is 22.7 Å². The normalized spacial score (nSPS) is 10.0. The Kier molecular flexibility index (Phi) is 6.25. The molecule has 3 rings (SSSR count). The molecule has 3 aromatic rings. The summed E-state index contributed by atoms with van der Waals surface area (Å²) in [6.45, 7) is 0.160. The SMILES string of the molecule is COc1ccc(C(=O)Nc2ccccc2NC(=O)OCc2ccccc2)cc1. The van der Waals surface area contributed by atoms with Gasteiger partial charge in [-0.15, -0.1) is 0 Å². The molecule has 0 bridgehead atoms. The van der Waals surface area contributed by atoms with E-state index in [2.05, 4.69) is 10.6 Å². The molecule has 0 heterocycles. The van der Waals surface area contributed by atoms with E-state index in [9.17, 15) is 9.59 Å². The van der Waals surface area contributed by atoms with Gasteiger partial charge in [-0.25, -0.2) is 4.79 Å². The minimum absolute atomic E-state index is 0.160. The van der Waals surface area contributed by atoms with Gasteiger partial charge in [0.25, 0.3) is 5.91 Å². The zero-order valence-electron chi connectivity index (χ0n) is 15.3. The Balaban J connectivity index is 1.63. The Labute approximate surface area is 163 Å². The average Bonchev–Trinajstić information content (AvgIpc) is 2.74. The first kappa shape index (κ1) is 19.0. The molecule has 3 aromatic carbocycles. The van der Waals surface area contributed by atoms with Crippen LogP contribution in [0.3, 0.4) is 0 Å². The molecule has 0 fully saturated rings. The minimum atomic E-state index is -0.602. The molecule has 0 unspecified atom stereocenters. The van der Waals surface area contributed by atoms with Gasteiger partial charge in [0, 0.05) is 5.56 Å². The van der Waals surface area contributed by atoms with Crippen molar-refractivity contribution in [2.75, 3.05) is 17.7 Å². The molecular weight excluding hydrogens is 356 g/mol. The zero-order valence-corrected chi connectivity index (χ0v) is 15.3. The van der Waals surface area contributed by atoms with Gasteiger partial charge in [-0.1, -0.05) is 42.5 Å². The molecule has 0 aliphatic rings. The predicted molar refractivity (Wildman–Crippen MR) is 108 cm³/mol. The number of methoxy groups -OCH3 is 1. The largest absolute Gasteiger partial charge is 0.497 e. The van der Waals surface area contributed by atoms with Crippen LogP contribution in [0.5, 0.6) is 5.75 Å². The van der Waals surface area contributed by atoms with E-state index >= 15 is 0 Å². The lowest BCUT2D eigenvalue weighted by atomic mass is 10.2. The third kappa shape index (κ3) is 5.11. The van der Waals surface area contributed by atoms with Crippen molar-refractivity contribution in [3.63, 3.8) is 0 Å². The lowest BCUT2D eigenvalue weighted by Crippen LogP contribution is -2.17. The molecule has 0 atom stereocenters. The quantitative estimate of drug-likeness (QED) is 0.654. The second-order valence-corrected chi connectivity index (χ2v) is 5.91. The molecule has 142 valence electrons. The number of amides is 2. The fourth-order valence-electron chi connectivity index (χ4n) is 2.51. The van der Waals surface area contributed by atoms with Crippen molar-refractivity contribution in [1.82, 2.24) is 0 Å². The van der Waals surface area contributed by atoms with Crippen LogP contribution < -0.4 is 15.4 Å². The summed E-state index contributed by atoms with van der Waals surface area (Å²) in [6, 6.07) is 23.1. The molecule has 0 aromatic heterocycles. The first-order valence-electron chi connectivity index (χ1n) is 8.68. The number of anilines is 2. The van der Waals surface area contributed by atoms with Crippen molar-refractivity contribution >= 4 is 23.4 Å². The first-order valence-corrected chi connectivity index (χ1v) is 8.68. The number of carbonyl (C=O) groups excluding carboxylic acids is 2. The summed E-state index contributed by atoms with van der Waals surface area (Å²) in [5.74, 6) is 0.370. The molecule has 0 saturated heterocycles. The van der Waals surface area contributed by atoms with Gasteiger partial charge >= 0.3 is 6.09 Å². The third-order valence-corrected chi connectivity index (χ3v) is 3.98. The summed E-state index contributed by atoms with van der Waals surface area (Å²) >= 11 is 0. The molecule has 28 heavy (non-hydrogen) atoms. The smallest absolute Gasteiger partial charge is 0.412 e. The lowest BCUT2D eigenvalue weighted by Gasteiger charge is -2.13. The molecule has 6 nitrogen and oxygen atoms in total. The lowest BCUT2D eigenvalue weighted by molar-refractivity contribution is 0.102. The van der Waals surface area contributed by atoms with Gasteiger partial charge in [0.15, 0.2) is 0 Å². The second kappa shape index (κ2) is 9.23. The molecule has 0 aliphatic carbocycles. The standard InChI is InChI=1S/C22H20N2O4/c1-27-18-13-11-17(12-14-18)21(25)23-19-9-5-6-10-20(19)24-22(26)28-15-16-7-3-2-4-8-16/h2-14H,15H2,1H3,(H,23,25)(H,24,26). The molecule has 6 heteroatoms. The maximum Gasteiger partial charge on any atom is 0.412 e. The third-order valence-electron chi connectivity index (χ3n) is 3.98. The maximum absolute atomic E-state index is 12.5. The summed E-state index contributed by atoms with van der Waals surface area (Å²) in [4.78, 5) is 24.6. The van der Waals surface area contributed by atoms with Crippen molar-refractivity contribution in [3.05, 3.63) is 90.0 Å². The van der Waals surface area contributed by atoms with Crippen LogP contribution in [0.2, 0.25) is 0 Å². The Morgan fingerprint density at radius 1 is 0.786 bits per heavy atom. The van der Waals surface area contributed by atoms with E-state index in [4.69, 9.17) is 9.47 Å². The van der Waals surface area contributed by atoms with E-state index in [1.807, 2.05) is 30.3 Å². The number of para-hydroxylation sites is 2. The van der Waals surface area contributed by atoms with Crippen molar-refractivity contribution in [3.8, 4) is 5.75 Å². The van der Waals surface area contributed by atoms with E-state index in [1.165, 1.54) is 0 Å². The van der Waals surface area contributed by atoms with Crippen molar-refractivity contribution < 1.29 is 19.1 Å². The van der Waals surface area contributed by atoms with Crippen LogP contribution in [0, 0.1) is 0 Å². The van der Waals surface area contributed by atoms with Crippen LogP contribution in [0.25, 0.3) is 0 Å². The van der Waals surface area contributed by atoms with E-state index in [-0.39, 0.29) is 12.5 Å². The first-order chi connectivity index (χ1) is 13.7. The zero-order chi connectivity index (χ0) is 19.8. The van der Waals surface area contributed by atoms with Gasteiger partial charge in [-0.05, 0) is 42.0 Å². The van der Waals surface area contributed by atoms with Gasteiger partial charge in [0.05, 0.1) is 18.5 Å².